The highest BCUT2D eigenvalue weighted by molar-refractivity contribution is 6.16. The molecule has 6 nitrogen and oxygen atoms in total. The number of carbonyl (C=O) groups excluding carboxylic acids is 3. The van der Waals surface area contributed by atoms with Crippen molar-refractivity contribution in [2.45, 2.75) is 32.0 Å². The Hall–Kier alpha value is -3.93. The second-order valence-corrected chi connectivity index (χ2v) is 9.09. The first-order valence-corrected chi connectivity index (χ1v) is 11.8. The Labute approximate surface area is 198 Å². The van der Waals surface area contributed by atoms with Crippen molar-refractivity contribution in [2.24, 2.45) is 0 Å². The summed E-state index contributed by atoms with van der Waals surface area (Å²) in [6.07, 6.45) is 1.32. The van der Waals surface area contributed by atoms with Gasteiger partial charge in [-0.25, -0.2) is 0 Å². The molecule has 3 heterocycles. The Morgan fingerprint density at radius 2 is 1.53 bits per heavy atom. The zero-order chi connectivity index (χ0) is 23.2. The summed E-state index contributed by atoms with van der Waals surface area (Å²) in [6.45, 7) is 1.78. The third-order valence-corrected chi connectivity index (χ3v) is 7.16. The number of amides is 3. The molecule has 3 aliphatic rings. The van der Waals surface area contributed by atoms with Gasteiger partial charge in [-0.05, 0) is 42.2 Å². The topological polar surface area (TPSA) is 60.9 Å². The average molecular weight is 452 g/mol. The van der Waals surface area contributed by atoms with Crippen LogP contribution in [-0.2, 0) is 17.8 Å². The number of hydrogen-bond acceptors (Lipinski definition) is 3. The van der Waals surface area contributed by atoms with Gasteiger partial charge in [0.15, 0.2) is 0 Å². The second-order valence-electron chi connectivity index (χ2n) is 9.09. The lowest BCUT2D eigenvalue weighted by molar-refractivity contribution is -0.132. The molecule has 0 radical (unpaired) electrons. The highest BCUT2D eigenvalue weighted by Gasteiger charge is 2.47. The van der Waals surface area contributed by atoms with E-state index in [4.69, 9.17) is 0 Å². The molecule has 0 bridgehead atoms. The van der Waals surface area contributed by atoms with Gasteiger partial charge in [0.2, 0.25) is 5.91 Å². The zero-order valence-corrected chi connectivity index (χ0v) is 18.8. The molecule has 0 fully saturated rings. The number of rotatable bonds is 4. The van der Waals surface area contributed by atoms with Gasteiger partial charge in [0, 0.05) is 37.2 Å². The van der Waals surface area contributed by atoms with Crippen LogP contribution in [0.5, 0.6) is 0 Å². The molecule has 0 spiro atoms. The largest absolute Gasteiger partial charge is 0.338 e. The highest BCUT2D eigenvalue weighted by Crippen LogP contribution is 2.45. The van der Waals surface area contributed by atoms with Gasteiger partial charge in [0.05, 0.1) is 11.3 Å². The smallest absolute Gasteiger partial charge is 0.260 e. The van der Waals surface area contributed by atoms with E-state index in [0.717, 1.165) is 18.5 Å². The third-order valence-electron chi connectivity index (χ3n) is 7.16. The van der Waals surface area contributed by atoms with Crippen LogP contribution in [0.2, 0.25) is 0 Å². The Morgan fingerprint density at radius 1 is 0.824 bits per heavy atom. The molecule has 0 unspecified atom stereocenters. The van der Waals surface area contributed by atoms with Gasteiger partial charge < -0.3 is 9.80 Å². The lowest BCUT2D eigenvalue weighted by Crippen LogP contribution is -2.48. The first-order chi connectivity index (χ1) is 16.6. The van der Waals surface area contributed by atoms with E-state index in [1.165, 1.54) is 11.1 Å². The molecule has 3 aromatic rings. The molecule has 0 N–H and O–H groups in total. The Balaban J connectivity index is 1.21. The fourth-order valence-electron chi connectivity index (χ4n) is 5.47. The number of carbonyl (C=O) groups is 3. The Kier molecular flexibility index (Phi) is 4.94. The van der Waals surface area contributed by atoms with Crippen molar-refractivity contribution in [1.29, 1.82) is 0 Å². The van der Waals surface area contributed by atoms with Crippen LogP contribution < -0.4 is 4.90 Å². The summed E-state index contributed by atoms with van der Waals surface area (Å²) in [5.74, 6) is -0.0755. The Morgan fingerprint density at radius 3 is 2.38 bits per heavy atom. The van der Waals surface area contributed by atoms with Crippen LogP contribution in [0.15, 0.2) is 72.8 Å². The summed E-state index contributed by atoms with van der Waals surface area (Å²) in [7, 11) is 0. The van der Waals surface area contributed by atoms with Gasteiger partial charge in [0.25, 0.3) is 11.8 Å². The van der Waals surface area contributed by atoms with Gasteiger partial charge in [-0.15, -0.1) is 0 Å². The average Bonchev–Trinajstić information content (AvgIpc) is 3.18. The normalized spacial score (nSPS) is 18.4. The molecule has 6 rings (SSSR count). The minimum absolute atomic E-state index is 0.0893. The predicted molar refractivity (Wildman–Crippen MR) is 128 cm³/mol. The van der Waals surface area contributed by atoms with Crippen LogP contribution in [0.3, 0.4) is 0 Å². The van der Waals surface area contributed by atoms with Crippen molar-refractivity contribution in [1.82, 2.24) is 9.80 Å². The van der Waals surface area contributed by atoms with Crippen molar-refractivity contribution in [2.75, 3.05) is 18.0 Å². The van der Waals surface area contributed by atoms with Gasteiger partial charge in [-0.2, -0.15) is 0 Å². The summed E-state index contributed by atoms with van der Waals surface area (Å²) >= 11 is 0. The van der Waals surface area contributed by atoms with Gasteiger partial charge in [-0.1, -0.05) is 54.6 Å². The number of nitrogens with zero attached hydrogens (tertiary/aromatic N) is 3. The number of para-hydroxylation sites is 1. The van der Waals surface area contributed by atoms with Crippen molar-refractivity contribution in [3.63, 3.8) is 0 Å². The monoisotopic (exact) mass is 451 g/mol. The summed E-state index contributed by atoms with van der Waals surface area (Å²) in [5.41, 5.74) is 5.17. The van der Waals surface area contributed by atoms with Crippen LogP contribution >= 0.6 is 0 Å². The van der Waals surface area contributed by atoms with E-state index >= 15 is 0 Å². The molecule has 0 saturated heterocycles. The van der Waals surface area contributed by atoms with Crippen LogP contribution in [0.1, 0.15) is 56.4 Å². The molecule has 170 valence electrons. The first-order valence-electron chi connectivity index (χ1n) is 11.8. The minimum Gasteiger partial charge on any atom is -0.338 e. The molecule has 0 aromatic heterocycles. The first kappa shape index (κ1) is 20.7. The maximum Gasteiger partial charge on any atom is 0.260 e. The van der Waals surface area contributed by atoms with E-state index in [1.54, 1.807) is 15.9 Å². The number of fused-ring (bicyclic) bond motifs is 6. The predicted octanol–water partition coefficient (Wildman–Crippen LogP) is 4.17. The fourth-order valence-corrected chi connectivity index (χ4v) is 5.47. The molecule has 3 amide bonds. The van der Waals surface area contributed by atoms with E-state index in [0.29, 0.717) is 42.7 Å². The fraction of sp³-hybridized carbons (Fsp3) is 0.250. The van der Waals surface area contributed by atoms with Crippen LogP contribution in [-0.4, -0.2) is 40.6 Å². The van der Waals surface area contributed by atoms with Crippen molar-refractivity contribution in [3.05, 3.63) is 101 Å². The molecule has 0 saturated carbocycles. The third kappa shape index (κ3) is 3.21. The molecule has 6 heteroatoms. The van der Waals surface area contributed by atoms with Crippen LogP contribution in [0.25, 0.3) is 0 Å². The summed E-state index contributed by atoms with van der Waals surface area (Å²) in [4.78, 5) is 45.1. The maximum atomic E-state index is 13.5. The minimum atomic E-state index is -0.469. The van der Waals surface area contributed by atoms with E-state index in [1.807, 2.05) is 59.5 Å². The van der Waals surface area contributed by atoms with Crippen molar-refractivity contribution in [3.8, 4) is 0 Å². The van der Waals surface area contributed by atoms with E-state index in [2.05, 4.69) is 12.1 Å². The van der Waals surface area contributed by atoms with Gasteiger partial charge in [0.1, 0.15) is 6.17 Å². The molecule has 3 aliphatic heterocycles. The quantitative estimate of drug-likeness (QED) is 0.598. The number of anilines is 1. The number of hydrogen-bond donors (Lipinski definition) is 0. The summed E-state index contributed by atoms with van der Waals surface area (Å²) in [5, 5.41) is 0. The Bertz CT molecular complexity index is 1320. The van der Waals surface area contributed by atoms with E-state index in [-0.39, 0.29) is 17.7 Å². The van der Waals surface area contributed by atoms with E-state index < -0.39 is 6.17 Å². The molecule has 1 atom stereocenters. The zero-order valence-electron chi connectivity index (χ0n) is 18.8. The van der Waals surface area contributed by atoms with Crippen LogP contribution in [0, 0.1) is 0 Å². The van der Waals surface area contributed by atoms with Gasteiger partial charge >= 0.3 is 0 Å². The molecular weight excluding hydrogens is 426 g/mol. The van der Waals surface area contributed by atoms with Crippen molar-refractivity contribution < 1.29 is 14.4 Å². The lowest BCUT2D eigenvalue weighted by atomic mass is 9.99. The molecule has 3 aromatic carbocycles. The van der Waals surface area contributed by atoms with Gasteiger partial charge in [-0.3, -0.25) is 19.3 Å². The molecular formula is C28H25N3O3. The summed E-state index contributed by atoms with van der Waals surface area (Å²) < 4.78 is 0. The standard InChI is InChI=1S/C28H25N3O3/c32-25(29-17-15-19-8-1-2-9-20(19)18-29)14-7-16-30-26-21-10-3-4-11-22(21)28(34)31(26)24-13-6-5-12-23(24)27(30)33/h1-6,8-13,26H,7,14-18H2/t26-/m0/s1. The SMILES string of the molecule is O=C(CCCN1C(=O)c2ccccc2N2C(=O)c3ccccc3[C@@H]12)N1CCc2ccccc2C1. The summed E-state index contributed by atoms with van der Waals surface area (Å²) in [6, 6.07) is 23.0. The van der Waals surface area contributed by atoms with Crippen molar-refractivity contribution >= 4 is 23.4 Å². The number of benzene rings is 3. The lowest BCUT2D eigenvalue weighted by Gasteiger charge is -2.41. The highest BCUT2D eigenvalue weighted by atomic mass is 16.2. The molecule has 34 heavy (non-hydrogen) atoms. The maximum absolute atomic E-state index is 13.5. The second kappa shape index (κ2) is 8.13. The molecule has 0 aliphatic carbocycles. The van der Waals surface area contributed by atoms with E-state index in [9.17, 15) is 14.4 Å². The van der Waals surface area contributed by atoms with Crippen LogP contribution in [0.4, 0.5) is 5.69 Å².